The van der Waals surface area contributed by atoms with E-state index in [1.54, 1.807) is 18.4 Å². The topological polar surface area (TPSA) is 66.9 Å². The lowest BCUT2D eigenvalue weighted by Gasteiger charge is -2.14. The fourth-order valence-electron chi connectivity index (χ4n) is 1.78. The van der Waals surface area contributed by atoms with E-state index >= 15 is 0 Å². The number of carbonyl (C=O) groups excluding carboxylic acids is 1. The van der Waals surface area contributed by atoms with Crippen LogP contribution in [0.25, 0.3) is 10.2 Å². The van der Waals surface area contributed by atoms with E-state index < -0.39 is 0 Å². The molecule has 96 valence electrons. The van der Waals surface area contributed by atoms with Crippen molar-refractivity contribution >= 4 is 33.3 Å². The Hall–Kier alpha value is -1.69. The van der Waals surface area contributed by atoms with Crippen molar-refractivity contribution in [3.8, 4) is 0 Å². The monoisotopic (exact) mass is 264 g/mol. The zero-order chi connectivity index (χ0) is 13.3. The minimum absolute atomic E-state index is 0.0627. The number of nitrogens with one attached hydrogen (secondary N) is 2. The van der Waals surface area contributed by atoms with Crippen LogP contribution >= 0.6 is 11.3 Å². The number of aromatic nitrogens is 2. The van der Waals surface area contributed by atoms with Crippen molar-refractivity contribution in [2.75, 3.05) is 12.4 Å². The molecule has 0 fully saturated rings. The predicted octanol–water partition coefficient (Wildman–Crippen LogP) is 1.85. The summed E-state index contributed by atoms with van der Waals surface area (Å²) in [5.74, 6) is 1.37. The molecule has 0 aliphatic carbocycles. The smallest absolute Gasteiger partial charge is 0.241 e. The van der Waals surface area contributed by atoms with Crippen molar-refractivity contribution in [2.24, 2.45) is 0 Å². The number of hydrogen-bond acceptors (Lipinski definition) is 5. The van der Waals surface area contributed by atoms with Crippen LogP contribution in [0, 0.1) is 13.8 Å². The number of anilines is 1. The largest absolute Gasteiger partial charge is 0.358 e. The summed E-state index contributed by atoms with van der Waals surface area (Å²) in [6, 6.07) is -0.327. The first-order chi connectivity index (χ1) is 8.52. The fraction of sp³-hybridized carbons (Fsp3) is 0.417. The Kier molecular flexibility index (Phi) is 3.47. The molecule has 2 aromatic rings. The number of aryl methyl sites for hydroxylation is 2. The Balaban J connectivity index is 2.43. The molecule has 2 rings (SSSR count). The second-order valence-corrected chi connectivity index (χ2v) is 5.06. The average Bonchev–Trinajstić information content (AvgIpc) is 2.69. The standard InChI is InChI=1S/C12H16N4OS/c1-6-5-18-12-9(6)10(15-8(3)16-12)14-7(2)11(17)13-4/h5,7H,1-4H3,(H,13,17)(H,14,15,16)/t7-/m1/s1. The van der Waals surface area contributed by atoms with Gasteiger partial charge in [0.05, 0.1) is 5.39 Å². The van der Waals surface area contributed by atoms with Gasteiger partial charge < -0.3 is 10.6 Å². The fourth-order valence-corrected chi connectivity index (χ4v) is 2.75. The quantitative estimate of drug-likeness (QED) is 0.888. The summed E-state index contributed by atoms with van der Waals surface area (Å²) < 4.78 is 0. The molecule has 0 spiro atoms. The summed E-state index contributed by atoms with van der Waals surface area (Å²) in [6.45, 7) is 5.68. The van der Waals surface area contributed by atoms with Gasteiger partial charge in [0, 0.05) is 7.05 Å². The van der Waals surface area contributed by atoms with Gasteiger partial charge in [-0.05, 0) is 31.7 Å². The summed E-state index contributed by atoms with van der Waals surface area (Å²) in [5, 5.41) is 8.81. The van der Waals surface area contributed by atoms with E-state index in [0.717, 1.165) is 21.6 Å². The molecule has 6 heteroatoms. The highest BCUT2D eigenvalue weighted by atomic mass is 32.1. The van der Waals surface area contributed by atoms with Gasteiger partial charge in [-0.25, -0.2) is 9.97 Å². The van der Waals surface area contributed by atoms with Crippen LogP contribution in [0.15, 0.2) is 5.38 Å². The molecule has 0 aliphatic rings. The molecule has 0 saturated carbocycles. The molecule has 2 heterocycles. The Morgan fingerprint density at radius 2 is 2.11 bits per heavy atom. The lowest BCUT2D eigenvalue weighted by molar-refractivity contribution is -0.121. The molecule has 1 atom stereocenters. The summed E-state index contributed by atoms with van der Waals surface area (Å²) in [7, 11) is 1.62. The molecule has 2 N–H and O–H groups in total. The van der Waals surface area contributed by atoms with Gasteiger partial charge in [0.25, 0.3) is 0 Å². The molecular weight excluding hydrogens is 248 g/mol. The molecule has 0 saturated heterocycles. The number of thiophene rings is 1. The van der Waals surface area contributed by atoms with Gasteiger partial charge >= 0.3 is 0 Å². The highest BCUT2D eigenvalue weighted by Gasteiger charge is 2.15. The first kappa shape index (κ1) is 12.8. The van der Waals surface area contributed by atoms with Crippen molar-refractivity contribution < 1.29 is 4.79 Å². The number of nitrogens with zero attached hydrogens (tertiary/aromatic N) is 2. The van der Waals surface area contributed by atoms with Gasteiger partial charge in [0.2, 0.25) is 5.91 Å². The van der Waals surface area contributed by atoms with Gasteiger partial charge in [-0.1, -0.05) is 0 Å². The lowest BCUT2D eigenvalue weighted by atomic mass is 10.2. The number of amides is 1. The summed E-state index contributed by atoms with van der Waals surface area (Å²) in [5.41, 5.74) is 1.13. The van der Waals surface area contributed by atoms with E-state index in [-0.39, 0.29) is 11.9 Å². The van der Waals surface area contributed by atoms with E-state index in [1.807, 2.05) is 20.8 Å². The molecule has 5 nitrogen and oxygen atoms in total. The lowest BCUT2D eigenvalue weighted by Crippen LogP contribution is -2.35. The zero-order valence-corrected chi connectivity index (χ0v) is 11.7. The van der Waals surface area contributed by atoms with E-state index in [0.29, 0.717) is 5.82 Å². The molecule has 0 unspecified atom stereocenters. The molecule has 2 aromatic heterocycles. The first-order valence-electron chi connectivity index (χ1n) is 5.73. The molecule has 0 aliphatic heterocycles. The minimum atomic E-state index is -0.327. The number of carbonyl (C=O) groups is 1. The van der Waals surface area contributed by atoms with Crippen LogP contribution in [0.2, 0.25) is 0 Å². The number of fused-ring (bicyclic) bond motifs is 1. The highest BCUT2D eigenvalue weighted by molar-refractivity contribution is 7.17. The van der Waals surface area contributed by atoms with Crippen molar-refractivity contribution in [1.82, 2.24) is 15.3 Å². The van der Waals surface area contributed by atoms with Gasteiger partial charge in [-0.3, -0.25) is 4.79 Å². The van der Waals surface area contributed by atoms with E-state index in [9.17, 15) is 4.79 Å². The van der Waals surface area contributed by atoms with Crippen LogP contribution in [0.3, 0.4) is 0 Å². The molecule has 1 amide bonds. The van der Waals surface area contributed by atoms with Crippen LogP contribution in [-0.2, 0) is 4.79 Å². The van der Waals surface area contributed by atoms with Crippen LogP contribution in [0.1, 0.15) is 18.3 Å². The highest BCUT2D eigenvalue weighted by Crippen LogP contribution is 2.29. The number of hydrogen-bond donors (Lipinski definition) is 2. The third-order valence-electron chi connectivity index (χ3n) is 2.72. The SMILES string of the molecule is CNC(=O)[C@@H](C)Nc1nc(C)nc2scc(C)c12. The van der Waals surface area contributed by atoms with Crippen molar-refractivity contribution in [3.05, 3.63) is 16.8 Å². The predicted molar refractivity (Wildman–Crippen MR) is 74.0 cm³/mol. The van der Waals surface area contributed by atoms with E-state index in [1.165, 1.54) is 0 Å². The minimum Gasteiger partial charge on any atom is -0.358 e. The van der Waals surface area contributed by atoms with Crippen LogP contribution in [0.4, 0.5) is 5.82 Å². The van der Waals surface area contributed by atoms with Crippen molar-refractivity contribution in [3.63, 3.8) is 0 Å². The van der Waals surface area contributed by atoms with Crippen LogP contribution < -0.4 is 10.6 Å². The molecule has 0 radical (unpaired) electrons. The summed E-state index contributed by atoms with van der Waals surface area (Å²) >= 11 is 1.59. The van der Waals surface area contributed by atoms with Gasteiger partial charge in [-0.15, -0.1) is 11.3 Å². The maximum absolute atomic E-state index is 11.5. The van der Waals surface area contributed by atoms with E-state index in [4.69, 9.17) is 0 Å². The van der Waals surface area contributed by atoms with Crippen LogP contribution in [0.5, 0.6) is 0 Å². The Morgan fingerprint density at radius 3 is 2.78 bits per heavy atom. The maximum atomic E-state index is 11.5. The maximum Gasteiger partial charge on any atom is 0.241 e. The molecule has 18 heavy (non-hydrogen) atoms. The van der Waals surface area contributed by atoms with Gasteiger partial charge in [0.1, 0.15) is 22.5 Å². The molecular formula is C12H16N4OS. The number of likely N-dealkylation sites (N-methyl/N-ethyl adjacent to an activating group) is 1. The zero-order valence-electron chi connectivity index (χ0n) is 10.9. The van der Waals surface area contributed by atoms with Crippen molar-refractivity contribution in [1.29, 1.82) is 0 Å². The third-order valence-corrected chi connectivity index (χ3v) is 3.71. The summed E-state index contributed by atoms with van der Waals surface area (Å²) in [6.07, 6.45) is 0. The van der Waals surface area contributed by atoms with Crippen LogP contribution in [-0.4, -0.2) is 29.0 Å². The number of rotatable bonds is 3. The van der Waals surface area contributed by atoms with E-state index in [2.05, 4.69) is 26.0 Å². The second kappa shape index (κ2) is 4.89. The second-order valence-electron chi connectivity index (χ2n) is 4.20. The van der Waals surface area contributed by atoms with Gasteiger partial charge in [0.15, 0.2) is 0 Å². The molecule has 0 bridgehead atoms. The summed E-state index contributed by atoms with van der Waals surface area (Å²) in [4.78, 5) is 21.3. The Labute approximate surface area is 110 Å². The molecule has 0 aromatic carbocycles. The van der Waals surface area contributed by atoms with Gasteiger partial charge in [-0.2, -0.15) is 0 Å². The third kappa shape index (κ3) is 2.28. The normalized spacial score (nSPS) is 12.4. The Bertz CT molecular complexity index is 593. The Morgan fingerprint density at radius 1 is 1.39 bits per heavy atom. The van der Waals surface area contributed by atoms with Crippen molar-refractivity contribution in [2.45, 2.75) is 26.8 Å². The first-order valence-corrected chi connectivity index (χ1v) is 6.61. The average molecular weight is 264 g/mol.